The first kappa shape index (κ1) is 16.3. The summed E-state index contributed by atoms with van der Waals surface area (Å²) in [4.78, 5) is 26.4. The number of amides is 2. The van der Waals surface area contributed by atoms with E-state index in [0.29, 0.717) is 17.5 Å². The summed E-state index contributed by atoms with van der Waals surface area (Å²) < 4.78 is 0. The second kappa shape index (κ2) is 6.89. The summed E-state index contributed by atoms with van der Waals surface area (Å²) in [6, 6.07) is 7.29. The third-order valence-electron chi connectivity index (χ3n) is 4.79. The van der Waals surface area contributed by atoms with Crippen LogP contribution < -0.4 is 15.5 Å². The van der Waals surface area contributed by atoms with Crippen LogP contribution in [0.1, 0.15) is 19.8 Å². The molecule has 0 bridgehead atoms. The van der Waals surface area contributed by atoms with Crippen LogP contribution in [0, 0.1) is 11.8 Å². The van der Waals surface area contributed by atoms with Gasteiger partial charge in [-0.05, 0) is 43.1 Å². The molecule has 2 aliphatic heterocycles. The Bertz CT molecular complexity index is 590. The second-order valence-electron chi connectivity index (χ2n) is 6.47. The summed E-state index contributed by atoms with van der Waals surface area (Å²) in [6.07, 6.45) is 1.33. The molecule has 2 heterocycles. The minimum atomic E-state index is -0.285. The zero-order valence-electron chi connectivity index (χ0n) is 13.2. The third-order valence-corrected chi connectivity index (χ3v) is 5.04. The SMILES string of the molecule is CC1CCNCC1NC(=O)C1CC(=O)N(c2ccc(Cl)cc2)C1. The molecule has 3 unspecified atom stereocenters. The molecule has 2 N–H and O–H groups in total. The van der Waals surface area contributed by atoms with Crippen LogP contribution in [-0.4, -0.2) is 37.5 Å². The van der Waals surface area contributed by atoms with Crippen LogP contribution in [0.3, 0.4) is 0 Å². The van der Waals surface area contributed by atoms with E-state index >= 15 is 0 Å². The summed E-state index contributed by atoms with van der Waals surface area (Å²) in [6.45, 7) is 4.39. The average molecular weight is 336 g/mol. The third kappa shape index (κ3) is 3.67. The minimum absolute atomic E-state index is 0.0118. The van der Waals surface area contributed by atoms with Crippen LogP contribution in [0.4, 0.5) is 5.69 Å². The van der Waals surface area contributed by atoms with Gasteiger partial charge < -0.3 is 15.5 Å². The highest BCUT2D eigenvalue weighted by Gasteiger charge is 2.36. The fourth-order valence-electron chi connectivity index (χ4n) is 3.24. The fourth-order valence-corrected chi connectivity index (χ4v) is 3.36. The number of nitrogens with one attached hydrogen (secondary N) is 2. The van der Waals surface area contributed by atoms with Crippen molar-refractivity contribution in [1.82, 2.24) is 10.6 Å². The highest BCUT2D eigenvalue weighted by Crippen LogP contribution is 2.26. The summed E-state index contributed by atoms with van der Waals surface area (Å²) in [5, 5.41) is 7.05. The number of hydrogen-bond donors (Lipinski definition) is 2. The van der Waals surface area contributed by atoms with Crippen LogP contribution in [0.25, 0.3) is 0 Å². The van der Waals surface area contributed by atoms with Gasteiger partial charge in [0.25, 0.3) is 0 Å². The summed E-state index contributed by atoms with van der Waals surface area (Å²) in [5.74, 6) is 0.148. The van der Waals surface area contributed by atoms with Crippen molar-refractivity contribution in [1.29, 1.82) is 0 Å². The van der Waals surface area contributed by atoms with Crippen molar-refractivity contribution in [2.24, 2.45) is 11.8 Å². The van der Waals surface area contributed by atoms with Gasteiger partial charge in [-0.25, -0.2) is 0 Å². The first-order valence-corrected chi connectivity index (χ1v) is 8.49. The molecule has 0 radical (unpaired) electrons. The lowest BCUT2D eigenvalue weighted by molar-refractivity contribution is -0.127. The molecule has 2 saturated heterocycles. The lowest BCUT2D eigenvalue weighted by Crippen LogP contribution is -2.51. The number of benzene rings is 1. The molecule has 2 fully saturated rings. The molecule has 5 nitrogen and oxygen atoms in total. The Morgan fingerprint density at radius 2 is 2.09 bits per heavy atom. The summed E-state index contributed by atoms with van der Waals surface area (Å²) in [5.41, 5.74) is 0.794. The van der Waals surface area contributed by atoms with E-state index in [-0.39, 0.29) is 30.2 Å². The van der Waals surface area contributed by atoms with E-state index in [4.69, 9.17) is 11.6 Å². The highest BCUT2D eigenvalue weighted by atomic mass is 35.5. The van der Waals surface area contributed by atoms with Crippen LogP contribution in [0.5, 0.6) is 0 Å². The Hall–Kier alpha value is -1.59. The van der Waals surface area contributed by atoms with Crippen molar-refractivity contribution in [2.75, 3.05) is 24.5 Å². The number of rotatable bonds is 3. The predicted molar refractivity (Wildman–Crippen MR) is 90.5 cm³/mol. The number of piperidine rings is 1. The zero-order chi connectivity index (χ0) is 16.4. The normalized spacial score (nSPS) is 28.0. The van der Waals surface area contributed by atoms with Gasteiger partial charge in [-0.1, -0.05) is 18.5 Å². The maximum Gasteiger partial charge on any atom is 0.227 e. The van der Waals surface area contributed by atoms with Gasteiger partial charge in [0.15, 0.2) is 0 Å². The number of halogens is 1. The van der Waals surface area contributed by atoms with E-state index in [1.165, 1.54) is 0 Å². The molecule has 1 aromatic carbocycles. The molecule has 0 spiro atoms. The van der Waals surface area contributed by atoms with E-state index < -0.39 is 0 Å². The average Bonchev–Trinajstić information content (AvgIpc) is 2.92. The molecule has 0 aromatic heterocycles. The van der Waals surface area contributed by atoms with Crippen molar-refractivity contribution in [3.63, 3.8) is 0 Å². The molecular weight excluding hydrogens is 314 g/mol. The molecular formula is C17H22ClN3O2. The fraction of sp³-hybridized carbons (Fsp3) is 0.529. The van der Waals surface area contributed by atoms with Crippen LogP contribution in [-0.2, 0) is 9.59 Å². The van der Waals surface area contributed by atoms with Gasteiger partial charge in [-0.15, -0.1) is 0 Å². The smallest absolute Gasteiger partial charge is 0.227 e. The van der Waals surface area contributed by atoms with Gasteiger partial charge in [0.2, 0.25) is 11.8 Å². The highest BCUT2D eigenvalue weighted by molar-refractivity contribution is 6.30. The number of carbonyl (C=O) groups excluding carboxylic acids is 2. The molecule has 3 atom stereocenters. The first-order chi connectivity index (χ1) is 11.0. The molecule has 0 aliphatic carbocycles. The molecule has 2 aliphatic rings. The van der Waals surface area contributed by atoms with E-state index in [1.807, 2.05) is 12.1 Å². The van der Waals surface area contributed by atoms with Crippen LogP contribution in [0.2, 0.25) is 5.02 Å². The Morgan fingerprint density at radius 3 is 2.78 bits per heavy atom. The maximum absolute atomic E-state index is 12.5. The Kier molecular flexibility index (Phi) is 4.87. The summed E-state index contributed by atoms with van der Waals surface area (Å²) >= 11 is 5.88. The lowest BCUT2D eigenvalue weighted by Gasteiger charge is -2.31. The molecule has 6 heteroatoms. The van der Waals surface area contributed by atoms with Gasteiger partial charge >= 0.3 is 0 Å². The quantitative estimate of drug-likeness (QED) is 0.885. The van der Waals surface area contributed by atoms with E-state index in [1.54, 1.807) is 17.0 Å². The Morgan fingerprint density at radius 1 is 1.35 bits per heavy atom. The molecule has 0 saturated carbocycles. The maximum atomic E-state index is 12.5. The predicted octanol–water partition coefficient (Wildman–Crippen LogP) is 1.81. The molecule has 1 aromatic rings. The van der Waals surface area contributed by atoms with E-state index in [2.05, 4.69) is 17.6 Å². The zero-order valence-corrected chi connectivity index (χ0v) is 14.0. The van der Waals surface area contributed by atoms with Crippen LogP contribution >= 0.6 is 11.6 Å². The van der Waals surface area contributed by atoms with Gasteiger partial charge in [0, 0.05) is 36.3 Å². The number of carbonyl (C=O) groups is 2. The summed E-state index contributed by atoms with van der Waals surface area (Å²) in [7, 11) is 0. The molecule has 124 valence electrons. The van der Waals surface area contributed by atoms with Crippen LogP contribution in [0.15, 0.2) is 24.3 Å². The Labute approximate surface area is 141 Å². The number of anilines is 1. The molecule has 23 heavy (non-hydrogen) atoms. The standard InChI is InChI=1S/C17H22ClN3O2/c1-11-6-7-19-9-15(11)20-17(23)12-8-16(22)21(10-12)14-4-2-13(18)3-5-14/h2-5,11-12,15,19H,6-10H2,1H3,(H,20,23). The van der Waals surface area contributed by atoms with Crippen molar-refractivity contribution in [3.05, 3.63) is 29.3 Å². The van der Waals surface area contributed by atoms with Gasteiger partial charge in [0.1, 0.15) is 0 Å². The van der Waals surface area contributed by atoms with E-state index in [0.717, 1.165) is 25.2 Å². The van der Waals surface area contributed by atoms with Gasteiger partial charge in [-0.2, -0.15) is 0 Å². The van der Waals surface area contributed by atoms with Crippen molar-refractivity contribution < 1.29 is 9.59 Å². The topological polar surface area (TPSA) is 61.4 Å². The molecule has 2 amide bonds. The number of nitrogens with zero attached hydrogens (tertiary/aromatic N) is 1. The largest absolute Gasteiger partial charge is 0.352 e. The van der Waals surface area contributed by atoms with E-state index in [9.17, 15) is 9.59 Å². The van der Waals surface area contributed by atoms with Gasteiger partial charge in [0.05, 0.1) is 5.92 Å². The lowest BCUT2D eigenvalue weighted by atomic mass is 9.94. The second-order valence-corrected chi connectivity index (χ2v) is 6.90. The molecule has 3 rings (SSSR count). The van der Waals surface area contributed by atoms with Crippen molar-refractivity contribution in [2.45, 2.75) is 25.8 Å². The number of hydrogen-bond acceptors (Lipinski definition) is 3. The minimum Gasteiger partial charge on any atom is -0.352 e. The monoisotopic (exact) mass is 335 g/mol. The van der Waals surface area contributed by atoms with Crippen molar-refractivity contribution in [3.8, 4) is 0 Å². The Balaban J connectivity index is 1.62. The van der Waals surface area contributed by atoms with Crippen molar-refractivity contribution >= 4 is 29.1 Å². The van der Waals surface area contributed by atoms with Gasteiger partial charge in [-0.3, -0.25) is 9.59 Å². The first-order valence-electron chi connectivity index (χ1n) is 8.11.